The highest BCUT2D eigenvalue weighted by Crippen LogP contribution is 2.28. The van der Waals surface area contributed by atoms with Crippen molar-refractivity contribution in [2.75, 3.05) is 19.5 Å². The van der Waals surface area contributed by atoms with E-state index in [1.807, 2.05) is 66.7 Å². The molecule has 0 aliphatic carbocycles. The topological polar surface area (TPSA) is 49.2 Å². The monoisotopic (exact) mass is 417 g/mol. The number of hydrogen-bond donors (Lipinski definition) is 0. The summed E-state index contributed by atoms with van der Waals surface area (Å²) in [6, 6.07) is 26.1. The van der Waals surface area contributed by atoms with Gasteiger partial charge in [-0.05, 0) is 43.3 Å². The number of hydrogen-bond acceptors (Lipinski definition) is 5. The van der Waals surface area contributed by atoms with Crippen molar-refractivity contribution in [3.05, 3.63) is 84.4 Å². The molecule has 4 aromatic rings. The first-order chi connectivity index (χ1) is 14.7. The van der Waals surface area contributed by atoms with Crippen LogP contribution in [0.3, 0.4) is 0 Å². The molecule has 0 bridgehead atoms. The number of ether oxygens (including phenoxy) is 2. The zero-order valence-corrected chi connectivity index (χ0v) is 17.8. The molecule has 0 aliphatic heterocycles. The van der Waals surface area contributed by atoms with E-state index in [1.165, 1.54) is 5.56 Å². The van der Waals surface area contributed by atoms with Gasteiger partial charge in [0, 0.05) is 17.0 Å². The molecule has 0 spiro atoms. The van der Waals surface area contributed by atoms with Gasteiger partial charge in [-0.1, -0.05) is 59.8 Å². The lowest BCUT2D eigenvalue weighted by Gasteiger charge is -2.11. The molecule has 5 nitrogen and oxygen atoms in total. The number of benzene rings is 3. The quantitative estimate of drug-likeness (QED) is 0.283. The first-order valence-corrected chi connectivity index (χ1v) is 10.7. The summed E-state index contributed by atoms with van der Waals surface area (Å²) < 4.78 is 13.2. The predicted molar refractivity (Wildman–Crippen MR) is 121 cm³/mol. The molecular weight excluding hydrogens is 394 g/mol. The van der Waals surface area contributed by atoms with Crippen LogP contribution in [0.5, 0.6) is 11.5 Å². The summed E-state index contributed by atoms with van der Waals surface area (Å²) >= 11 is 1.62. The van der Waals surface area contributed by atoms with Crippen molar-refractivity contribution in [1.29, 1.82) is 0 Å². The van der Waals surface area contributed by atoms with Crippen LogP contribution >= 0.6 is 11.8 Å². The minimum absolute atomic E-state index is 0.587. The van der Waals surface area contributed by atoms with Gasteiger partial charge < -0.3 is 9.47 Å². The maximum absolute atomic E-state index is 5.86. The molecule has 0 unspecified atom stereocenters. The van der Waals surface area contributed by atoms with Gasteiger partial charge >= 0.3 is 0 Å². The highest BCUT2D eigenvalue weighted by molar-refractivity contribution is 7.99. The second-order valence-electron chi connectivity index (χ2n) is 6.72. The Balaban J connectivity index is 1.54. The Labute approximate surface area is 180 Å². The van der Waals surface area contributed by atoms with E-state index in [-0.39, 0.29) is 0 Å². The average molecular weight is 418 g/mol. The zero-order chi connectivity index (χ0) is 20.8. The third-order valence-corrected chi connectivity index (χ3v) is 5.49. The molecule has 0 atom stereocenters. The average Bonchev–Trinajstić information content (AvgIpc) is 3.22. The maximum atomic E-state index is 5.86. The second-order valence-corrected chi connectivity index (χ2v) is 7.78. The van der Waals surface area contributed by atoms with Crippen LogP contribution in [0.1, 0.15) is 5.56 Å². The van der Waals surface area contributed by atoms with Crippen LogP contribution in [0.2, 0.25) is 0 Å². The molecule has 0 saturated carbocycles. The van der Waals surface area contributed by atoms with Gasteiger partial charge in [0.05, 0.1) is 13.7 Å². The van der Waals surface area contributed by atoms with Gasteiger partial charge in [0.15, 0.2) is 11.0 Å². The smallest absolute Gasteiger partial charge is 0.196 e. The Bertz CT molecular complexity index is 1080. The summed E-state index contributed by atoms with van der Waals surface area (Å²) in [5.41, 5.74) is 3.22. The van der Waals surface area contributed by atoms with Crippen LogP contribution in [-0.4, -0.2) is 34.2 Å². The lowest BCUT2D eigenvalue weighted by Crippen LogP contribution is -2.03. The number of aromatic nitrogens is 3. The number of aryl methyl sites for hydroxylation is 1. The summed E-state index contributed by atoms with van der Waals surface area (Å²) in [4.78, 5) is 0. The summed E-state index contributed by atoms with van der Waals surface area (Å²) in [5.74, 6) is 3.26. The molecule has 0 aliphatic rings. The summed E-state index contributed by atoms with van der Waals surface area (Å²) in [6.45, 7) is 2.65. The highest BCUT2D eigenvalue weighted by atomic mass is 32.2. The molecule has 0 radical (unpaired) electrons. The molecule has 0 amide bonds. The molecule has 30 heavy (non-hydrogen) atoms. The van der Waals surface area contributed by atoms with Crippen molar-refractivity contribution in [3.8, 4) is 28.6 Å². The summed E-state index contributed by atoms with van der Waals surface area (Å²) in [7, 11) is 1.67. The van der Waals surface area contributed by atoms with Gasteiger partial charge in [0.25, 0.3) is 0 Å². The molecule has 0 fully saturated rings. The fourth-order valence-electron chi connectivity index (χ4n) is 3.03. The number of methoxy groups -OCH3 is 1. The van der Waals surface area contributed by atoms with E-state index in [1.54, 1.807) is 18.9 Å². The first kappa shape index (κ1) is 20.0. The standard InChI is InChI=1S/C24H23N3O2S/c1-18-8-12-22(13-9-18)29-16-17-30-24-26-25-23(19-6-4-3-5-7-19)27(24)20-10-14-21(28-2)15-11-20/h3-15H,16-17H2,1-2H3. The van der Waals surface area contributed by atoms with Gasteiger partial charge in [-0.25, -0.2) is 0 Å². The minimum atomic E-state index is 0.587. The SMILES string of the molecule is COc1ccc(-n2c(SCCOc3ccc(C)cc3)nnc2-c2ccccc2)cc1. The van der Waals surface area contributed by atoms with Crippen molar-refractivity contribution < 1.29 is 9.47 Å². The normalized spacial score (nSPS) is 10.7. The van der Waals surface area contributed by atoms with Gasteiger partial charge in [-0.15, -0.1) is 10.2 Å². The molecule has 3 aromatic carbocycles. The Morgan fingerprint density at radius 2 is 1.53 bits per heavy atom. The van der Waals surface area contributed by atoms with E-state index < -0.39 is 0 Å². The Hall–Kier alpha value is -3.25. The molecule has 1 aromatic heterocycles. The van der Waals surface area contributed by atoms with E-state index in [0.29, 0.717) is 6.61 Å². The molecule has 4 rings (SSSR count). The summed E-state index contributed by atoms with van der Waals surface area (Å²) in [6.07, 6.45) is 0. The molecule has 1 heterocycles. The third kappa shape index (κ3) is 4.66. The lowest BCUT2D eigenvalue weighted by molar-refractivity contribution is 0.344. The Morgan fingerprint density at radius 3 is 2.23 bits per heavy atom. The van der Waals surface area contributed by atoms with Crippen LogP contribution in [0, 0.1) is 6.92 Å². The van der Waals surface area contributed by atoms with Gasteiger partial charge in [0.2, 0.25) is 0 Å². The number of rotatable bonds is 8. The fourth-order valence-corrected chi connectivity index (χ4v) is 3.80. The van der Waals surface area contributed by atoms with E-state index >= 15 is 0 Å². The molecule has 152 valence electrons. The van der Waals surface area contributed by atoms with Gasteiger partial charge in [0.1, 0.15) is 11.5 Å². The van der Waals surface area contributed by atoms with Crippen LogP contribution in [0.15, 0.2) is 84.0 Å². The minimum Gasteiger partial charge on any atom is -0.497 e. The summed E-state index contributed by atoms with van der Waals surface area (Å²) in [5, 5.41) is 9.75. The fraction of sp³-hybridized carbons (Fsp3) is 0.167. The first-order valence-electron chi connectivity index (χ1n) is 9.72. The van der Waals surface area contributed by atoms with Crippen molar-refractivity contribution >= 4 is 11.8 Å². The number of thioether (sulfide) groups is 1. The van der Waals surface area contributed by atoms with Crippen molar-refractivity contribution in [3.63, 3.8) is 0 Å². The lowest BCUT2D eigenvalue weighted by atomic mass is 10.2. The molecular formula is C24H23N3O2S. The van der Waals surface area contributed by atoms with E-state index in [0.717, 1.165) is 39.5 Å². The van der Waals surface area contributed by atoms with Crippen molar-refractivity contribution in [1.82, 2.24) is 14.8 Å². The molecule has 6 heteroatoms. The highest BCUT2D eigenvalue weighted by Gasteiger charge is 2.16. The largest absolute Gasteiger partial charge is 0.497 e. The van der Waals surface area contributed by atoms with Gasteiger partial charge in [-0.3, -0.25) is 4.57 Å². The van der Waals surface area contributed by atoms with Crippen molar-refractivity contribution in [2.24, 2.45) is 0 Å². The predicted octanol–water partition coefficient (Wildman–Crippen LogP) is 5.42. The van der Waals surface area contributed by atoms with Gasteiger partial charge in [-0.2, -0.15) is 0 Å². The molecule has 0 saturated heterocycles. The zero-order valence-electron chi connectivity index (χ0n) is 17.0. The van der Waals surface area contributed by atoms with Crippen LogP contribution < -0.4 is 9.47 Å². The van der Waals surface area contributed by atoms with Crippen LogP contribution in [-0.2, 0) is 0 Å². The van der Waals surface area contributed by atoms with Crippen LogP contribution in [0.25, 0.3) is 17.1 Å². The molecule has 0 N–H and O–H groups in total. The van der Waals surface area contributed by atoms with E-state index in [4.69, 9.17) is 9.47 Å². The van der Waals surface area contributed by atoms with E-state index in [2.05, 4.69) is 33.8 Å². The number of nitrogens with zero attached hydrogens (tertiary/aromatic N) is 3. The Kier molecular flexibility index (Phi) is 6.35. The third-order valence-electron chi connectivity index (χ3n) is 4.60. The van der Waals surface area contributed by atoms with Crippen molar-refractivity contribution in [2.45, 2.75) is 12.1 Å². The second kappa shape index (κ2) is 9.50. The van der Waals surface area contributed by atoms with E-state index in [9.17, 15) is 0 Å². The Morgan fingerprint density at radius 1 is 0.833 bits per heavy atom. The maximum Gasteiger partial charge on any atom is 0.196 e. The van der Waals surface area contributed by atoms with Crippen LogP contribution in [0.4, 0.5) is 0 Å².